The topological polar surface area (TPSA) is 52.5 Å². The number of aromatic amines is 1. The molecule has 1 heterocycles. The molecule has 2 aromatic carbocycles. The molecule has 1 aromatic heterocycles. The smallest absolute Gasteiger partial charge is 0.139 e. The highest BCUT2D eigenvalue weighted by molar-refractivity contribution is 5.81. The van der Waals surface area contributed by atoms with Crippen molar-refractivity contribution in [2.24, 2.45) is 0 Å². The zero-order chi connectivity index (χ0) is 13.4. The van der Waals surface area contributed by atoms with Gasteiger partial charge in [-0.25, -0.2) is 4.98 Å². The van der Waals surface area contributed by atoms with Gasteiger partial charge in [-0.15, -0.1) is 0 Å². The molecule has 3 nitrogen and oxygen atoms in total. The van der Waals surface area contributed by atoms with Crippen LogP contribution in [0.25, 0.3) is 22.4 Å². The van der Waals surface area contributed by atoms with E-state index in [2.05, 4.69) is 42.0 Å². The second kappa shape index (κ2) is 4.25. The molecule has 0 fully saturated rings. The van der Waals surface area contributed by atoms with E-state index in [1.165, 1.54) is 11.1 Å². The Kier molecular flexibility index (Phi) is 2.57. The lowest BCUT2D eigenvalue weighted by Crippen LogP contribution is -1.89. The average molecular weight is 247 g/mol. The van der Waals surface area contributed by atoms with Crippen molar-refractivity contribution < 1.29 is 0 Å². The Balaban J connectivity index is 2.24. The molecule has 0 unspecified atom stereocenters. The molecular formula is C16H13N3. The van der Waals surface area contributed by atoms with E-state index in [1.807, 2.05) is 18.2 Å². The van der Waals surface area contributed by atoms with Gasteiger partial charge in [0.25, 0.3) is 0 Å². The van der Waals surface area contributed by atoms with Crippen LogP contribution in [-0.4, -0.2) is 9.97 Å². The first-order valence-electron chi connectivity index (χ1n) is 6.15. The molecule has 0 aliphatic heterocycles. The third-order valence-electron chi connectivity index (χ3n) is 3.33. The maximum atomic E-state index is 8.92. The maximum absolute atomic E-state index is 8.92. The summed E-state index contributed by atoms with van der Waals surface area (Å²) < 4.78 is 0. The van der Waals surface area contributed by atoms with E-state index in [-0.39, 0.29) is 0 Å². The van der Waals surface area contributed by atoms with Crippen LogP contribution in [0.4, 0.5) is 0 Å². The SMILES string of the molecule is Cc1cccc(C)c1-c1nc2ccc(C#N)cc2[nH]1. The van der Waals surface area contributed by atoms with E-state index in [0.717, 1.165) is 22.4 Å². The summed E-state index contributed by atoms with van der Waals surface area (Å²) in [7, 11) is 0. The zero-order valence-corrected chi connectivity index (χ0v) is 10.9. The molecule has 3 rings (SSSR count). The fourth-order valence-corrected chi connectivity index (χ4v) is 2.39. The summed E-state index contributed by atoms with van der Waals surface area (Å²) in [6, 6.07) is 13.8. The van der Waals surface area contributed by atoms with Gasteiger partial charge in [0.05, 0.1) is 22.7 Å². The van der Waals surface area contributed by atoms with Crippen molar-refractivity contribution in [2.75, 3.05) is 0 Å². The number of nitrogens with zero attached hydrogens (tertiary/aromatic N) is 2. The number of imidazole rings is 1. The Hall–Kier alpha value is -2.60. The van der Waals surface area contributed by atoms with Crippen LogP contribution in [-0.2, 0) is 0 Å². The minimum atomic E-state index is 0.643. The number of nitrogens with one attached hydrogen (secondary N) is 1. The molecule has 0 aliphatic rings. The van der Waals surface area contributed by atoms with Crippen LogP contribution in [0.15, 0.2) is 36.4 Å². The summed E-state index contributed by atoms with van der Waals surface area (Å²) in [6.45, 7) is 4.16. The molecule has 0 amide bonds. The average Bonchev–Trinajstić information content (AvgIpc) is 2.80. The van der Waals surface area contributed by atoms with E-state index < -0.39 is 0 Å². The fourth-order valence-electron chi connectivity index (χ4n) is 2.39. The Morgan fingerprint density at radius 1 is 1.11 bits per heavy atom. The number of hydrogen-bond donors (Lipinski definition) is 1. The van der Waals surface area contributed by atoms with Crippen LogP contribution in [0.2, 0.25) is 0 Å². The van der Waals surface area contributed by atoms with Crippen molar-refractivity contribution in [3.05, 3.63) is 53.1 Å². The Morgan fingerprint density at radius 3 is 2.53 bits per heavy atom. The maximum Gasteiger partial charge on any atom is 0.139 e. The van der Waals surface area contributed by atoms with Crippen molar-refractivity contribution in [3.8, 4) is 17.5 Å². The normalized spacial score (nSPS) is 10.6. The van der Waals surface area contributed by atoms with Crippen LogP contribution < -0.4 is 0 Å². The van der Waals surface area contributed by atoms with Gasteiger partial charge in [0, 0.05) is 5.56 Å². The predicted molar refractivity (Wildman–Crippen MR) is 75.7 cm³/mol. The summed E-state index contributed by atoms with van der Waals surface area (Å²) in [5.74, 6) is 0.862. The second-order valence-corrected chi connectivity index (χ2v) is 4.70. The molecule has 3 aromatic rings. The number of fused-ring (bicyclic) bond motifs is 1. The molecule has 0 spiro atoms. The van der Waals surface area contributed by atoms with Crippen molar-refractivity contribution >= 4 is 11.0 Å². The molecule has 0 saturated carbocycles. The van der Waals surface area contributed by atoms with Crippen molar-refractivity contribution in [1.82, 2.24) is 9.97 Å². The standard InChI is InChI=1S/C16H13N3/c1-10-4-3-5-11(2)15(10)16-18-13-7-6-12(9-17)8-14(13)19-16/h3-8H,1-2H3,(H,18,19). The molecule has 1 N–H and O–H groups in total. The van der Waals surface area contributed by atoms with Crippen molar-refractivity contribution in [3.63, 3.8) is 0 Å². The predicted octanol–water partition coefficient (Wildman–Crippen LogP) is 3.72. The first-order valence-corrected chi connectivity index (χ1v) is 6.15. The van der Waals surface area contributed by atoms with Crippen LogP contribution in [0, 0.1) is 25.2 Å². The molecule has 0 saturated heterocycles. The quantitative estimate of drug-likeness (QED) is 0.712. The van der Waals surface area contributed by atoms with Crippen LogP contribution in [0.3, 0.4) is 0 Å². The number of aromatic nitrogens is 2. The number of rotatable bonds is 1. The number of aryl methyl sites for hydroxylation is 2. The van der Waals surface area contributed by atoms with Gasteiger partial charge >= 0.3 is 0 Å². The van der Waals surface area contributed by atoms with Gasteiger partial charge in [-0.3, -0.25) is 0 Å². The van der Waals surface area contributed by atoms with Gasteiger partial charge < -0.3 is 4.98 Å². The summed E-state index contributed by atoms with van der Waals surface area (Å²) in [5, 5.41) is 8.92. The minimum Gasteiger partial charge on any atom is -0.338 e. The zero-order valence-electron chi connectivity index (χ0n) is 10.9. The number of nitriles is 1. The Bertz CT molecular complexity index is 786. The Morgan fingerprint density at radius 2 is 1.84 bits per heavy atom. The van der Waals surface area contributed by atoms with Gasteiger partial charge in [0.1, 0.15) is 5.82 Å². The third kappa shape index (κ3) is 1.88. The van der Waals surface area contributed by atoms with E-state index in [0.29, 0.717) is 5.56 Å². The van der Waals surface area contributed by atoms with Gasteiger partial charge in [0.2, 0.25) is 0 Å². The lowest BCUT2D eigenvalue weighted by atomic mass is 10.0. The number of benzene rings is 2. The van der Waals surface area contributed by atoms with E-state index in [9.17, 15) is 0 Å². The molecule has 3 heteroatoms. The van der Waals surface area contributed by atoms with E-state index >= 15 is 0 Å². The third-order valence-corrected chi connectivity index (χ3v) is 3.33. The highest BCUT2D eigenvalue weighted by Crippen LogP contribution is 2.26. The van der Waals surface area contributed by atoms with Gasteiger partial charge in [-0.1, -0.05) is 18.2 Å². The lowest BCUT2D eigenvalue weighted by molar-refractivity contribution is 1.27. The molecule has 0 atom stereocenters. The van der Waals surface area contributed by atoms with Crippen molar-refractivity contribution in [1.29, 1.82) is 5.26 Å². The molecule has 19 heavy (non-hydrogen) atoms. The summed E-state index contributed by atoms with van der Waals surface area (Å²) >= 11 is 0. The largest absolute Gasteiger partial charge is 0.338 e. The fraction of sp³-hybridized carbons (Fsp3) is 0.125. The summed E-state index contributed by atoms with van der Waals surface area (Å²) in [5.41, 5.74) is 5.95. The molecule has 0 radical (unpaired) electrons. The summed E-state index contributed by atoms with van der Waals surface area (Å²) in [4.78, 5) is 7.92. The molecule has 0 bridgehead atoms. The highest BCUT2D eigenvalue weighted by Gasteiger charge is 2.10. The van der Waals surface area contributed by atoms with Gasteiger partial charge in [-0.05, 0) is 43.2 Å². The van der Waals surface area contributed by atoms with Crippen LogP contribution in [0.1, 0.15) is 16.7 Å². The number of hydrogen-bond acceptors (Lipinski definition) is 2. The van der Waals surface area contributed by atoms with E-state index in [4.69, 9.17) is 5.26 Å². The van der Waals surface area contributed by atoms with Crippen molar-refractivity contribution in [2.45, 2.75) is 13.8 Å². The summed E-state index contributed by atoms with van der Waals surface area (Å²) in [6.07, 6.45) is 0. The van der Waals surface area contributed by atoms with Gasteiger partial charge in [0.15, 0.2) is 0 Å². The number of H-pyrrole nitrogens is 1. The first kappa shape index (κ1) is 11.5. The first-order chi connectivity index (χ1) is 9.19. The molecule has 0 aliphatic carbocycles. The van der Waals surface area contributed by atoms with Gasteiger partial charge in [-0.2, -0.15) is 5.26 Å². The highest BCUT2D eigenvalue weighted by atomic mass is 14.9. The lowest BCUT2D eigenvalue weighted by Gasteiger charge is -2.05. The van der Waals surface area contributed by atoms with E-state index in [1.54, 1.807) is 6.07 Å². The second-order valence-electron chi connectivity index (χ2n) is 4.70. The Labute approximate surface area is 111 Å². The monoisotopic (exact) mass is 247 g/mol. The minimum absolute atomic E-state index is 0.643. The van der Waals surface area contributed by atoms with Crippen LogP contribution in [0.5, 0.6) is 0 Å². The molecular weight excluding hydrogens is 234 g/mol. The van der Waals surface area contributed by atoms with Crippen LogP contribution >= 0.6 is 0 Å². The molecule has 92 valence electrons.